The summed E-state index contributed by atoms with van der Waals surface area (Å²) in [5, 5.41) is 13.9. The van der Waals surface area contributed by atoms with Gasteiger partial charge in [-0.15, -0.1) is 0 Å². The van der Waals surface area contributed by atoms with Crippen molar-refractivity contribution in [3.05, 3.63) is 48.6 Å². The minimum atomic E-state index is -4.36. The molecule has 0 aliphatic heterocycles. The molecule has 0 saturated carbocycles. The van der Waals surface area contributed by atoms with Gasteiger partial charge < -0.3 is 19.8 Å². The molecule has 3 unspecified atom stereocenters. The first kappa shape index (κ1) is 78.5. The van der Waals surface area contributed by atoms with E-state index in [1.54, 1.807) is 6.08 Å². The van der Waals surface area contributed by atoms with Crippen molar-refractivity contribution in [1.82, 2.24) is 5.32 Å². The molecule has 0 aromatic carbocycles. The van der Waals surface area contributed by atoms with E-state index in [0.29, 0.717) is 17.4 Å². The second-order valence-electron chi connectivity index (χ2n) is 25.2. The molecular weight excluding hydrogens is 1010 g/mol. The van der Waals surface area contributed by atoms with Crippen LogP contribution in [0.4, 0.5) is 0 Å². The molecule has 0 aliphatic carbocycles. The summed E-state index contributed by atoms with van der Waals surface area (Å²) in [4.78, 5) is 23.4. The van der Waals surface area contributed by atoms with Crippen molar-refractivity contribution in [3.8, 4) is 0 Å². The Bertz CT molecular complexity index is 1440. The molecule has 0 aliphatic rings. The molecule has 0 bridgehead atoms. The number of quaternary nitrogens is 1. The maximum atomic E-state index is 13.0. The number of carbonyl (C=O) groups excluding carboxylic acids is 1. The highest BCUT2D eigenvalue weighted by Gasteiger charge is 2.28. The van der Waals surface area contributed by atoms with E-state index >= 15 is 0 Å². The lowest BCUT2D eigenvalue weighted by Gasteiger charge is -2.25. The largest absolute Gasteiger partial charge is 0.472 e. The van der Waals surface area contributed by atoms with Crippen LogP contribution in [0.2, 0.25) is 0 Å². The Hall–Kier alpha value is -1.54. The summed E-state index contributed by atoms with van der Waals surface area (Å²) in [7, 11) is 1.56. The first-order valence-electron chi connectivity index (χ1n) is 35.0. The summed E-state index contributed by atoms with van der Waals surface area (Å²) in [6.07, 6.45) is 84.2. The van der Waals surface area contributed by atoms with Crippen LogP contribution < -0.4 is 5.32 Å². The average Bonchev–Trinajstić information content (AvgIpc) is 3.42. The number of hydrogen-bond donors (Lipinski definition) is 3. The van der Waals surface area contributed by atoms with E-state index in [1.807, 2.05) is 27.2 Å². The molecule has 0 saturated heterocycles. The van der Waals surface area contributed by atoms with E-state index in [4.69, 9.17) is 9.05 Å². The molecule has 9 heteroatoms. The van der Waals surface area contributed by atoms with Crippen LogP contribution >= 0.6 is 7.82 Å². The number of nitrogens with one attached hydrogen (secondary N) is 1. The molecule has 0 aromatic rings. The molecule has 8 nitrogen and oxygen atoms in total. The lowest BCUT2D eigenvalue weighted by atomic mass is 10.0. The van der Waals surface area contributed by atoms with Crippen LogP contribution in [0.1, 0.15) is 348 Å². The molecule has 3 N–H and O–H groups in total. The predicted molar refractivity (Wildman–Crippen MR) is 351 cm³/mol. The number of phosphoric ester groups is 1. The maximum Gasteiger partial charge on any atom is 0.472 e. The number of allylic oxidation sites excluding steroid dienone is 7. The highest BCUT2D eigenvalue weighted by molar-refractivity contribution is 7.47. The first-order valence-corrected chi connectivity index (χ1v) is 36.5. The fourth-order valence-electron chi connectivity index (χ4n) is 10.5. The number of aliphatic hydroxyl groups excluding tert-OH is 1. The molecule has 0 spiro atoms. The summed E-state index contributed by atoms with van der Waals surface area (Å²) in [6, 6.07) is -0.870. The van der Waals surface area contributed by atoms with Crippen LogP contribution in [0.15, 0.2) is 48.6 Å². The third-order valence-corrected chi connectivity index (χ3v) is 17.0. The SMILES string of the molecule is CCCCCCCCCC/C=C\CCCCCCCCCCCCCCCCCCCCCCCCCCCCCC(=O)NC(COP(=O)(O)OCC[N+](C)(C)C)C(O)/C=C/CC/C=C/CC/C=C/CCCCCCCCCCC. The molecule has 0 aromatic heterocycles. The van der Waals surface area contributed by atoms with E-state index in [-0.39, 0.29) is 19.1 Å². The number of aliphatic hydroxyl groups is 1. The fourth-order valence-corrected chi connectivity index (χ4v) is 11.3. The van der Waals surface area contributed by atoms with Gasteiger partial charge in [-0.2, -0.15) is 0 Å². The first-order chi connectivity index (χ1) is 39.0. The molecule has 0 fully saturated rings. The lowest BCUT2D eigenvalue weighted by molar-refractivity contribution is -0.870. The third-order valence-electron chi connectivity index (χ3n) is 16.0. The quantitative estimate of drug-likeness (QED) is 0.0243. The van der Waals surface area contributed by atoms with E-state index in [0.717, 1.165) is 44.9 Å². The molecular formula is C71H138N2O6P+. The van der Waals surface area contributed by atoms with Crippen molar-refractivity contribution >= 4 is 13.7 Å². The third kappa shape index (κ3) is 64.0. The zero-order chi connectivity index (χ0) is 58.4. The lowest BCUT2D eigenvalue weighted by Crippen LogP contribution is -2.45. The number of unbranched alkanes of at least 4 members (excludes halogenated alkanes) is 46. The van der Waals surface area contributed by atoms with Gasteiger partial charge >= 0.3 is 7.82 Å². The Balaban J connectivity index is 3.95. The maximum absolute atomic E-state index is 13.0. The minimum absolute atomic E-state index is 0.0546. The van der Waals surface area contributed by atoms with Crippen LogP contribution in [0.5, 0.6) is 0 Å². The molecule has 0 rings (SSSR count). The molecule has 3 atom stereocenters. The van der Waals surface area contributed by atoms with Crippen molar-refractivity contribution in [2.45, 2.75) is 360 Å². The summed E-state index contributed by atoms with van der Waals surface area (Å²) >= 11 is 0. The highest BCUT2D eigenvalue weighted by atomic mass is 31.2. The summed E-state index contributed by atoms with van der Waals surface area (Å²) < 4.78 is 23.7. The van der Waals surface area contributed by atoms with Gasteiger partial charge in [0, 0.05) is 6.42 Å². The van der Waals surface area contributed by atoms with Gasteiger partial charge in [-0.3, -0.25) is 13.8 Å². The van der Waals surface area contributed by atoms with Gasteiger partial charge in [-0.25, -0.2) is 4.57 Å². The normalized spacial score (nSPS) is 13.9. The fraction of sp³-hybridized carbons (Fsp3) is 0.873. The number of phosphoric acid groups is 1. The van der Waals surface area contributed by atoms with Crippen LogP contribution in [-0.4, -0.2) is 73.4 Å². The molecule has 472 valence electrons. The number of likely N-dealkylation sites (N-methyl/N-ethyl adjacent to an activating group) is 1. The Kier molecular flexibility index (Phi) is 60.8. The van der Waals surface area contributed by atoms with Gasteiger partial charge in [-0.1, -0.05) is 319 Å². The van der Waals surface area contributed by atoms with Gasteiger partial charge in [0.25, 0.3) is 0 Å². The van der Waals surface area contributed by atoms with Crippen LogP contribution in [0.3, 0.4) is 0 Å². The van der Waals surface area contributed by atoms with Gasteiger partial charge in [-0.05, 0) is 70.6 Å². The number of amides is 1. The minimum Gasteiger partial charge on any atom is -0.387 e. The summed E-state index contributed by atoms with van der Waals surface area (Å²) in [6.45, 7) is 4.82. The standard InChI is InChI=1S/C71H137N2O6P/c1-6-8-10-12-14-16-18-20-22-24-26-27-28-29-30-31-32-33-34-35-36-37-38-39-40-41-42-43-44-45-47-49-51-53-55-57-59-61-63-65-71(75)72-69(68-79-80(76,77)78-67-66-73(3,4)5)70(74)64-62-60-58-56-54-52-50-48-46-25-23-21-19-17-15-13-11-9-7-2/h24,26,46,48,54,56,62,64,69-70,74H,6-23,25,27-45,47,49-53,55,57-61,63,65-68H2,1-5H3,(H-,72,75,76,77)/p+1/b26-24-,48-46+,56-54+,64-62+. The van der Waals surface area contributed by atoms with Crippen LogP contribution in [-0.2, 0) is 18.4 Å². The second kappa shape index (κ2) is 62.0. The Morgan fingerprint density at radius 2 is 0.688 bits per heavy atom. The monoisotopic (exact) mass is 1150 g/mol. The van der Waals surface area contributed by atoms with Gasteiger partial charge in [0.05, 0.1) is 39.9 Å². The predicted octanol–water partition coefficient (Wildman–Crippen LogP) is 22.2. The molecule has 80 heavy (non-hydrogen) atoms. The van der Waals surface area contributed by atoms with Crippen LogP contribution in [0, 0.1) is 0 Å². The zero-order valence-corrected chi connectivity index (χ0v) is 55.0. The zero-order valence-electron chi connectivity index (χ0n) is 54.1. The number of hydrogen-bond acceptors (Lipinski definition) is 5. The van der Waals surface area contributed by atoms with Crippen LogP contribution in [0.25, 0.3) is 0 Å². The van der Waals surface area contributed by atoms with E-state index in [9.17, 15) is 19.4 Å². The van der Waals surface area contributed by atoms with Gasteiger partial charge in [0.1, 0.15) is 13.2 Å². The second-order valence-corrected chi connectivity index (χ2v) is 26.7. The Labute approximate surface area is 499 Å². The van der Waals surface area contributed by atoms with Crippen molar-refractivity contribution in [3.63, 3.8) is 0 Å². The number of rotatable bonds is 65. The highest BCUT2D eigenvalue weighted by Crippen LogP contribution is 2.43. The van der Waals surface area contributed by atoms with Crippen molar-refractivity contribution in [2.24, 2.45) is 0 Å². The molecule has 0 radical (unpaired) electrons. The van der Waals surface area contributed by atoms with Crippen molar-refractivity contribution in [1.29, 1.82) is 0 Å². The molecule has 1 amide bonds. The van der Waals surface area contributed by atoms with Crippen molar-refractivity contribution in [2.75, 3.05) is 40.9 Å². The van der Waals surface area contributed by atoms with E-state index in [2.05, 4.69) is 55.6 Å². The van der Waals surface area contributed by atoms with Crippen molar-refractivity contribution < 1.29 is 32.9 Å². The van der Waals surface area contributed by atoms with E-state index in [1.165, 1.54) is 283 Å². The average molecular weight is 1150 g/mol. The van der Waals surface area contributed by atoms with Gasteiger partial charge in [0.2, 0.25) is 5.91 Å². The Morgan fingerprint density at radius 1 is 0.412 bits per heavy atom. The smallest absolute Gasteiger partial charge is 0.387 e. The number of nitrogens with zero attached hydrogens (tertiary/aromatic N) is 1. The topological polar surface area (TPSA) is 105 Å². The molecule has 0 heterocycles. The Morgan fingerprint density at radius 3 is 1.00 bits per heavy atom. The summed E-state index contributed by atoms with van der Waals surface area (Å²) in [5.74, 6) is -0.185. The van der Waals surface area contributed by atoms with E-state index < -0.39 is 20.0 Å². The van der Waals surface area contributed by atoms with Gasteiger partial charge in [0.15, 0.2) is 0 Å². The number of carbonyl (C=O) groups is 1. The summed E-state index contributed by atoms with van der Waals surface area (Å²) in [5.41, 5.74) is 0.